The number of halogens is 1. The van der Waals surface area contributed by atoms with Crippen LogP contribution in [0, 0.1) is 5.92 Å². The van der Waals surface area contributed by atoms with Crippen LogP contribution in [0.4, 0.5) is 0 Å². The van der Waals surface area contributed by atoms with Crippen molar-refractivity contribution >= 4 is 29.4 Å². The Bertz CT molecular complexity index is 587. The molecule has 0 saturated carbocycles. The van der Waals surface area contributed by atoms with Gasteiger partial charge in [-0.15, -0.1) is 0 Å². The highest BCUT2D eigenvalue weighted by molar-refractivity contribution is 6.30. The highest BCUT2D eigenvalue weighted by atomic mass is 35.5. The molecule has 2 unspecified atom stereocenters. The van der Waals surface area contributed by atoms with Gasteiger partial charge >= 0.3 is 5.97 Å². The summed E-state index contributed by atoms with van der Waals surface area (Å²) in [5.41, 5.74) is 0.376. The van der Waals surface area contributed by atoms with Gasteiger partial charge in [-0.05, 0) is 36.6 Å². The lowest BCUT2D eigenvalue weighted by atomic mass is 10.0. The van der Waals surface area contributed by atoms with Crippen molar-refractivity contribution in [2.75, 3.05) is 0 Å². The second-order valence-corrected chi connectivity index (χ2v) is 6.33. The Hall–Kier alpha value is -2.08. The van der Waals surface area contributed by atoms with Gasteiger partial charge in [-0.3, -0.25) is 9.59 Å². The first-order chi connectivity index (χ1) is 11.3. The lowest BCUT2D eigenvalue weighted by Gasteiger charge is -2.24. The molecule has 0 radical (unpaired) electrons. The summed E-state index contributed by atoms with van der Waals surface area (Å²) < 4.78 is 0. The predicted molar refractivity (Wildman–Crippen MR) is 92.0 cm³/mol. The summed E-state index contributed by atoms with van der Waals surface area (Å²) in [6.07, 6.45) is 0.956. The van der Waals surface area contributed by atoms with Crippen LogP contribution in [0.1, 0.15) is 44.0 Å². The first-order valence-corrected chi connectivity index (χ1v) is 8.23. The van der Waals surface area contributed by atoms with Crippen LogP contribution in [-0.4, -0.2) is 35.0 Å². The van der Waals surface area contributed by atoms with Crippen LogP contribution >= 0.6 is 11.6 Å². The standard InChI is InChI=1S/C17H23ClN2O4/c1-4-5-13(17(23)24)19-16(22)14(10(2)3)20-15(21)11-6-8-12(18)9-7-11/h6-10,13-14H,4-5H2,1-3H3,(H,19,22)(H,20,21)(H,23,24). The molecule has 0 spiro atoms. The normalized spacial score (nSPS) is 13.2. The number of carboxylic acids is 1. The molecule has 0 aliphatic heterocycles. The minimum absolute atomic E-state index is 0.197. The maximum atomic E-state index is 12.4. The number of amides is 2. The SMILES string of the molecule is CCCC(NC(=O)C(NC(=O)c1ccc(Cl)cc1)C(C)C)C(=O)O. The van der Waals surface area contributed by atoms with Gasteiger partial charge < -0.3 is 15.7 Å². The third-order valence-corrected chi connectivity index (χ3v) is 3.79. The van der Waals surface area contributed by atoms with Crippen molar-refractivity contribution in [3.8, 4) is 0 Å². The Balaban J connectivity index is 2.82. The zero-order valence-electron chi connectivity index (χ0n) is 14.0. The Morgan fingerprint density at radius 3 is 2.17 bits per heavy atom. The third kappa shape index (κ3) is 5.85. The zero-order chi connectivity index (χ0) is 18.3. The summed E-state index contributed by atoms with van der Waals surface area (Å²) in [4.78, 5) is 35.8. The van der Waals surface area contributed by atoms with Crippen LogP contribution in [0.3, 0.4) is 0 Å². The molecule has 132 valence electrons. The molecule has 0 heterocycles. The number of nitrogens with one attached hydrogen (secondary N) is 2. The molecule has 1 aromatic rings. The van der Waals surface area contributed by atoms with Crippen molar-refractivity contribution < 1.29 is 19.5 Å². The van der Waals surface area contributed by atoms with E-state index in [1.807, 2.05) is 6.92 Å². The highest BCUT2D eigenvalue weighted by Crippen LogP contribution is 2.11. The van der Waals surface area contributed by atoms with Crippen molar-refractivity contribution in [1.82, 2.24) is 10.6 Å². The summed E-state index contributed by atoms with van der Waals surface area (Å²) in [6, 6.07) is 4.50. The molecule has 0 saturated heterocycles. The summed E-state index contributed by atoms with van der Waals surface area (Å²) in [6.45, 7) is 5.40. The van der Waals surface area contributed by atoms with Gasteiger partial charge in [0.15, 0.2) is 0 Å². The van der Waals surface area contributed by atoms with Crippen LogP contribution in [0.15, 0.2) is 24.3 Å². The van der Waals surface area contributed by atoms with E-state index in [0.29, 0.717) is 23.4 Å². The van der Waals surface area contributed by atoms with E-state index in [1.54, 1.807) is 38.1 Å². The molecular weight excluding hydrogens is 332 g/mol. The van der Waals surface area contributed by atoms with Gasteiger partial charge in [0.05, 0.1) is 0 Å². The van der Waals surface area contributed by atoms with Crippen molar-refractivity contribution in [2.45, 2.75) is 45.7 Å². The molecular formula is C17H23ClN2O4. The van der Waals surface area contributed by atoms with Crippen LogP contribution in [0.5, 0.6) is 0 Å². The second-order valence-electron chi connectivity index (χ2n) is 5.89. The van der Waals surface area contributed by atoms with E-state index in [9.17, 15) is 14.4 Å². The third-order valence-electron chi connectivity index (χ3n) is 3.53. The second kappa shape index (κ2) is 9.27. The maximum absolute atomic E-state index is 12.4. The van der Waals surface area contributed by atoms with Gasteiger partial charge in [-0.2, -0.15) is 0 Å². The molecule has 6 nitrogen and oxygen atoms in total. The van der Waals surface area contributed by atoms with Gasteiger partial charge in [-0.1, -0.05) is 38.8 Å². The molecule has 0 aromatic heterocycles. The average molecular weight is 355 g/mol. The molecule has 0 aliphatic rings. The van der Waals surface area contributed by atoms with Crippen molar-refractivity contribution in [3.63, 3.8) is 0 Å². The molecule has 2 amide bonds. The predicted octanol–water partition coefficient (Wildman–Crippen LogP) is 2.46. The number of aliphatic carboxylic acids is 1. The molecule has 3 N–H and O–H groups in total. The highest BCUT2D eigenvalue weighted by Gasteiger charge is 2.28. The monoisotopic (exact) mass is 354 g/mol. The maximum Gasteiger partial charge on any atom is 0.326 e. The molecule has 24 heavy (non-hydrogen) atoms. The summed E-state index contributed by atoms with van der Waals surface area (Å²) in [5, 5.41) is 14.8. The lowest BCUT2D eigenvalue weighted by molar-refractivity contribution is -0.142. The van der Waals surface area contributed by atoms with Gasteiger partial charge in [0.2, 0.25) is 5.91 Å². The van der Waals surface area contributed by atoms with Crippen molar-refractivity contribution in [1.29, 1.82) is 0 Å². The van der Waals surface area contributed by atoms with Crippen molar-refractivity contribution in [2.24, 2.45) is 5.92 Å². The summed E-state index contributed by atoms with van der Waals surface area (Å²) in [7, 11) is 0. The molecule has 2 atom stereocenters. The van der Waals surface area contributed by atoms with Crippen LogP contribution in [-0.2, 0) is 9.59 Å². The number of hydrogen-bond donors (Lipinski definition) is 3. The van der Waals surface area contributed by atoms with E-state index < -0.39 is 29.9 Å². The fraction of sp³-hybridized carbons (Fsp3) is 0.471. The lowest BCUT2D eigenvalue weighted by Crippen LogP contribution is -2.53. The molecule has 0 fully saturated rings. The van der Waals surface area contributed by atoms with E-state index in [-0.39, 0.29) is 5.92 Å². The number of rotatable bonds is 8. The minimum atomic E-state index is -1.09. The Morgan fingerprint density at radius 1 is 1.12 bits per heavy atom. The van der Waals surface area contributed by atoms with E-state index >= 15 is 0 Å². The molecule has 0 aliphatic carbocycles. The Labute approximate surface area is 146 Å². The number of carboxylic acid groups (broad SMARTS) is 1. The average Bonchev–Trinajstić information content (AvgIpc) is 2.52. The van der Waals surface area contributed by atoms with Gasteiger partial charge in [0, 0.05) is 10.6 Å². The van der Waals surface area contributed by atoms with Crippen molar-refractivity contribution in [3.05, 3.63) is 34.9 Å². The van der Waals surface area contributed by atoms with E-state index in [0.717, 1.165) is 0 Å². The number of carbonyl (C=O) groups is 3. The Morgan fingerprint density at radius 2 is 1.71 bits per heavy atom. The number of carbonyl (C=O) groups excluding carboxylic acids is 2. The minimum Gasteiger partial charge on any atom is -0.480 e. The van der Waals surface area contributed by atoms with Gasteiger partial charge in [-0.25, -0.2) is 4.79 Å². The van der Waals surface area contributed by atoms with Crippen LogP contribution in [0.2, 0.25) is 5.02 Å². The quantitative estimate of drug-likeness (QED) is 0.668. The summed E-state index contributed by atoms with van der Waals surface area (Å²) in [5.74, 6) is -2.20. The number of hydrogen-bond acceptors (Lipinski definition) is 3. The van der Waals surface area contributed by atoms with E-state index in [2.05, 4.69) is 10.6 Å². The van der Waals surface area contributed by atoms with E-state index in [4.69, 9.17) is 16.7 Å². The van der Waals surface area contributed by atoms with E-state index in [1.165, 1.54) is 0 Å². The van der Waals surface area contributed by atoms with Crippen LogP contribution < -0.4 is 10.6 Å². The first kappa shape index (κ1) is 20.0. The summed E-state index contributed by atoms with van der Waals surface area (Å²) >= 11 is 5.79. The largest absolute Gasteiger partial charge is 0.480 e. The molecule has 0 bridgehead atoms. The van der Waals surface area contributed by atoms with Gasteiger partial charge in [0.1, 0.15) is 12.1 Å². The zero-order valence-corrected chi connectivity index (χ0v) is 14.8. The number of benzene rings is 1. The molecule has 1 aromatic carbocycles. The first-order valence-electron chi connectivity index (χ1n) is 7.85. The fourth-order valence-electron chi connectivity index (χ4n) is 2.17. The topological polar surface area (TPSA) is 95.5 Å². The fourth-order valence-corrected chi connectivity index (χ4v) is 2.29. The molecule has 1 rings (SSSR count). The molecule has 7 heteroatoms. The smallest absolute Gasteiger partial charge is 0.326 e. The Kier molecular flexibility index (Phi) is 7.71. The van der Waals surface area contributed by atoms with Crippen LogP contribution in [0.25, 0.3) is 0 Å². The van der Waals surface area contributed by atoms with Gasteiger partial charge in [0.25, 0.3) is 5.91 Å².